The summed E-state index contributed by atoms with van der Waals surface area (Å²) in [5.41, 5.74) is 0.225. The molecule has 0 aliphatic carbocycles. The molecule has 0 amide bonds. The van der Waals surface area contributed by atoms with Crippen molar-refractivity contribution in [1.29, 1.82) is 0 Å². The minimum Gasteiger partial charge on any atom is -0.392 e. The third kappa shape index (κ3) is 3.01. The molecule has 1 aliphatic heterocycles. The zero-order valence-electron chi connectivity index (χ0n) is 9.53. The Morgan fingerprint density at radius 1 is 1.41 bits per heavy atom. The Labute approximate surface area is 99.2 Å². The maximum Gasteiger partial charge on any atom is 0.162 e. The molecule has 2 atom stereocenters. The molecule has 1 N–H and O–H groups in total. The van der Waals surface area contributed by atoms with Gasteiger partial charge in [-0.15, -0.1) is 0 Å². The number of hydrogen-bond donors (Lipinski definition) is 1. The third-order valence-corrected chi connectivity index (χ3v) is 3.20. The topological polar surface area (TPSA) is 29.5 Å². The van der Waals surface area contributed by atoms with E-state index in [1.807, 2.05) is 0 Å². The Morgan fingerprint density at radius 3 is 2.94 bits per heavy atom. The molecule has 1 fully saturated rings. The minimum atomic E-state index is -0.866. The summed E-state index contributed by atoms with van der Waals surface area (Å²) in [5.74, 6) is -1.70. The van der Waals surface area contributed by atoms with Crippen LogP contribution < -0.4 is 0 Å². The summed E-state index contributed by atoms with van der Waals surface area (Å²) in [6, 6.07) is 4.04. The van der Waals surface area contributed by atoms with Crippen molar-refractivity contribution in [3.63, 3.8) is 0 Å². The highest BCUT2D eigenvalue weighted by atomic mass is 19.2. The second-order valence-electron chi connectivity index (χ2n) is 4.46. The van der Waals surface area contributed by atoms with Crippen LogP contribution in [-0.2, 0) is 11.2 Å². The highest BCUT2D eigenvalue weighted by molar-refractivity contribution is 5.19. The maximum atomic E-state index is 13.4. The molecule has 0 bridgehead atoms. The predicted molar refractivity (Wildman–Crippen MR) is 59.6 cm³/mol. The van der Waals surface area contributed by atoms with Crippen molar-refractivity contribution in [3.8, 4) is 0 Å². The number of rotatable bonds is 3. The summed E-state index contributed by atoms with van der Waals surface area (Å²) in [6.07, 6.45) is 1.25. The number of halogens is 2. The second-order valence-corrected chi connectivity index (χ2v) is 4.46. The fraction of sp³-hybridized carbons (Fsp3) is 0.538. The summed E-state index contributed by atoms with van der Waals surface area (Å²) < 4.78 is 31.7. The van der Waals surface area contributed by atoms with Gasteiger partial charge in [-0.05, 0) is 24.5 Å². The van der Waals surface area contributed by atoms with Crippen LogP contribution >= 0.6 is 0 Å². The van der Waals surface area contributed by atoms with Crippen LogP contribution in [0, 0.1) is 17.6 Å². The van der Waals surface area contributed by atoms with E-state index in [2.05, 4.69) is 0 Å². The van der Waals surface area contributed by atoms with Gasteiger partial charge >= 0.3 is 0 Å². The van der Waals surface area contributed by atoms with Gasteiger partial charge in [0.05, 0.1) is 12.7 Å². The van der Waals surface area contributed by atoms with Crippen LogP contribution in [-0.4, -0.2) is 24.4 Å². The summed E-state index contributed by atoms with van der Waals surface area (Å²) in [5, 5.41) is 9.97. The van der Waals surface area contributed by atoms with Crippen LogP contribution in [0.4, 0.5) is 8.78 Å². The van der Waals surface area contributed by atoms with Gasteiger partial charge in [0.25, 0.3) is 0 Å². The molecular formula is C13H16F2O2. The molecule has 17 heavy (non-hydrogen) atoms. The highest BCUT2D eigenvalue weighted by Crippen LogP contribution is 2.22. The largest absolute Gasteiger partial charge is 0.392 e. The first kappa shape index (κ1) is 12.5. The van der Waals surface area contributed by atoms with E-state index in [-0.39, 0.29) is 17.9 Å². The first-order valence-electron chi connectivity index (χ1n) is 5.87. The van der Waals surface area contributed by atoms with Gasteiger partial charge < -0.3 is 9.84 Å². The molecule has 0 aromatic heterocycles. The molecule has 0 radical (unpaired) electrons. The van der Waals surface area contributed by atoms with Gasteiger partial charge in [-0.25, -0.2) is 8.78 Å². The summed E-state index contributed by atoms with van der Waals surface area (Å²) >= 11 is 0. The Morgan fingerprint density at radius 2 is 2.24 bits per heavy atom. The Kier molecular flexibility index (Phi) is 4.07. The first-order valence-corrected chi connectivity index (χ1v) is 5.87. The van der Waals surface area contributed by atoms with Crippen LogP contribution in [0.25, 0.3) is 0 Å². The first-order chi connectivity index (χ1) is 8.18. The van der Waals surface area contributed by atoms with Crippen molar-refractivity contribution in [3.05, 3.63) is 35.4 Å². The van der Waals surface area contributed by atoms with E-state index in [0.29, 0.717) is 6.61 Å². The molecule has 0 saturated carbocycles. The average Bonchev–Trinajstić information content (AvgIpc) is 2.36. The van der Waals surface area contributed by atoms with Crippen LogP contribution in [0.5, 0.6) is 0 Å². The van der Waals surface area contributed by atoms with Gasteiger partial charge in [-0.3, -0.25) is 0 Å². The van der Waals surface area contributed by atoms with E-state index in [9.17, 15) is 13.9 Å². The lowest BCUT2D eigenvalue weighted by Gasteiger charge is -2.26. The summed E-state index contributed by atoms with van der Waals surface area (Å²) in [6.45, 7) is 1.22. The molecule has 1 saturated heterocycles. The van der Waals surface area contributed by atoms with Gasteiger partial charge in [-0.1, -0.05) is 12.1 Å². The Hall–Kier alpha value is -1.00. The van der Waals surface area contributed by atoms with E-state index in [1.54, 1.807) is 0 Å². The van der Waals surface area contributed by atoms with E-state index in [4.69, 9.17) is 4.74 Å². The number of hydrogen-bond acceptors (Lipinski definition) is 2. The van der Waals surface area contributed by atoms with Gasteiger partial charge in [0.1, 0.15) is 0 Å². The van der Waals surface area contributed by atoms with E-state index >= 15 is 0 Å². The molecule has 1 heterocycles. The monoisotopic (exact) mass is 242 g/mol. The normalized spacial score (nSPS) is 22.4. The van der Waals surface area contributed by atoms with Crippen molar-refractivity contribution in [1.82, 2.24) is 0 Å². The minimum absolute atomic E-state index is 0.0198. The summed E-state index contributed by atoms with van der Waals surface area (Å²) in [7, 11) is 0. The predicted octanol–water partition coefficient (Wildman–Crippen LogP) is 2.29. The van der Waals surface area contributed by atoms with Crippen molar-refractivity contribution in [2.24, 2.45) is 5.92 Å². The van der Waals surface area contributed by atoms with E-state index in [0.717, 1.165) is 25.5 Å². The molecule has 1 aliphatic rings. The van der Waals surface area contributed by atoms with Gasteiger partial charge in [-0.2, -0.15) is 0 Å². The van der Waals surface area contributed by atoms with Crippen LogP contribution in [0.2, 0.25) is 0 Å². The number of benzene rings is 1. The molecule has 1 aromatic carbocycles. The van der Waals surface area contributed by atoms with Crippen molar-refractivity contribution >= 4 is 0 Å². The molecule has 94 valence electrons. The molecule has 2 unspecified atom stereocenters. The van der Waals surface area contributed by atoms with Crippen molar-refractivity contribution < 1.29 is 18.6 Å². The van der Waals surface area contributed by atoms with Crippen molar-refractivity contribution in [2.45, 2.75) is 25.4 Å². The summed E-state index contributed by atoms with van der Waals surface area (Å²) in [4.78, 5) is 0. The zero-order valence-corrected chi connectivity index (χ0v) is 9.53. The molecule has 4 heteroatoms. The van der Waals surface area contributed by atoms with Crippen molar-refractivity contribution in [2.75, 3.05) is 13.2 Å². The smallest absolute Gasteiger partial charge is 0.162 e. The van der Waals surface area contributed by atoms with Crippen LogP contribution in [0.15, 0.2) is 18.2 Å². The number of ether oxygens (including phenoxy) is 1. The van der Waals surface area contributed by atoms with E-state index in [1.165, 1.54) is 12.1 Å². The SMILES string of the molecule is OC(Cc1cccc(F)c1F)C1CCCOC1. The quantitative estimate of drug-likeness (QED) is 0.881. The Bertz CT molecular complexity index is 376. The lowest BCUT2D eigenvalue weighted by atomic mass is 9.91. The van der Waals surface area contributed by atoms with Gasteiger partial charge in [0, 0.05) is 18.9 Å². The molecular weight excluding hydrogens is 226 g/mol. The van der Waals surface area contributed by atoms with Gasteiger partial charge in [0.2, 0.25) is 0 Å². The second kappa shape index (κ2) is 5.56. The van der Waals surface area contributed by atoms with Crippen LogP contribution in [0.1, 0.15) is 18.4 Å². The average molecular weight is 242 g/mol. The molecule has 2 rings (SSSR count). The third-order valence-electron chi connectivity index (χ3n) is 3.20. The Balaban J connectivity index is 2.01. The fourth-order valence-corrected chi connectivity index (χ4v) is 2.17. The zero-order chi connectivity index (χ0) is 12.3. The lowest BCUT2D eigenvalue weighted by Crippen LogP contribution is -2.30. The fourth-order valence-electron chi connectivity index (χ4n) is 2.17. The van der Waals surface area contributed by atoms with Gasteiger partial charge in [0.15, 0.2) is 11.6 Å². The number of aliphatic hydroxyl groups excluding tert-OH is 1. The van der Waals surface area contributed by atoms with E-state index < -0.39 is 17.7 Å². The lowest BCUT2D eigenvalue weighted by molar-refractivity contribution is -0.00877. The number of aliphatic hydroxyl groups is 1. The molecule has 2 nitrogen and oxygen atoms in total. The molecule has 0 spiro atoms. The maximum absolute atomic E-state index is 13.4. The molecule has 1 aromatic rings. The van der Waals surface area contributed by atoms with Crippen LogP contribution in [0.3, 0.4) is 0 Å². The standard InChI is InChI=1S/C13H16F2O2/c14-11-5-1-3-9(13(11)15)7-12(16)10-4-2-6-17-8-10/h1,3,5,10,12,16H,2,4,6-8H2. The highest BCUT2D eigenvalue weighted by Gasteiger charge is 2.23.